The molecular formula is C19H18O4. The van der Waals surface area contributed by atoms with Gasteiger partial charge in [-0.25, -0.2) is 0 Å². The van der Waals surface area contributed by atoms with Crippen LogP contribution in [0.2, 0.25) is 0 Å². The maximum Gasteiger partial charge on any atom is 0.193 e. The summed E-state index contributed by atoms with van der Waals surface area (Å²) >= 11 is 0. The molecule has 0 amide bonds. The van der Waals surface area contributed by atoms with Gasteiger partial charge in [-0.2, -0.15) is 0 Å². The van der Waals surface area contributed by atoms with Crippen LogP contribution in [0.15, 0.2) is 46.9 Å². The third-order valence-corrected chi connectivity index (χ3v) is 3.86. The fourth-order valence-electron chi connectivity index (χ4n) is 2.58. The van der Waals surface area contributed by atoms with Gasteiger partial charge in [0, 0.05) is 22.9 Å². The van der Waals surface area contributed by atoms with Crippen LogP contribution in [-0.4, -0.2) is 20.0 Å². The van der Waals surface area contributed by atoms with E-state index in [9.17, 15) is 4.79 Å². The quantitative estimate of drug-likeness (QED) is 0.661. The zero-order valence-electron chi connectivity index (χ0n) is 13.4. The Hall–Kier alpha value is -2.75. The monoisotopic (exact) mass is 310 g/mol. The molecule has 3 rings (SSSR count). The van der Waals surface area contributed by atoms with Gasteiger partial charge in [0.2, 0.25) is 0 Å². The van der Waals surface area contributed by atoms with Crippen molar-refractivity contribution in [3.05, 3.63) is 59.4 Å². The molecule has 0 radical (unpaired) electrons. The number of aryl methyl sites for hydroxylation is 1. The summed E-state index contributed by atoms with van der Waals surface area (Å²) < 4.78 is 16.3. The SMILES string of the molecule is CCc1cc2c(C(=O)c3ccc(OC)cc3)ccc(OC)c2o1. The minimum absolute atomic E-state index is 0.0521. The summed E-state index contributed by atoms with van der Waals surface area (Å²) in [6.07, 6.45) is 0.758. The van der Waals surface area contributed by atoms with Gasteiger partial charge < -0.3 is 13.9 Å². The molecule has 0 saturated carbocycles. The van der Waals surface area contributed by atoms with E-state index in [1.807, 2.05) is 13.0 Å². The van der Waals surface area contributed by atoms with E-state index in [4.69, 9.17) is 13.9 Å². The Balaban J connectivity index is 2.11. The maximum atomic E-state index is 12.8. The van der Waals surface area contributed by atoms with E-state index < -0.39 is 0 Å². The van der Waals surface area contributed by atoms with E-state index in [-0.39, 0.29) is 5.78 Å². The van der Waals surface area contributed by atoms with Gasteiger partial charge in [-0.05, 0) is 42.5 Å². The van der Waals surface area contributed by atoms with E-state index >= 15 is 0 Å². The topological polar surface area (TPSA) is 48.7 Å². The van der Waals surface area contributed by atoms with Gasteiger partial charge in [-0.3, -0.25) is 4.79 Å². The fourth-order valence-corrected chi connectivity index (χ4v) is 2.58. The Bertz CT molecular complexity index is 844. The Kier molecular flexibility index (Phi) is 4.06. The Labute approximate surface area is 134 Å². The number of furan rings is 1. The van der Waals surface area contributed by atoms with Gasteiger partial charge in [0.05, 0.1) is 14.2 Å². The molecule has 1 aromatic heterocycles. The Morgan fingerprint density at radius 3 is 2.39 bits per heavy atom. The third kappa shape index (κ3) is 2.68. The highest BCUT2D eigenvalue weighted by Gasteiger charge is 2.18. The number of carbonyl (C=O) groups is 1. The van der Waals surface area contributed by atoms with Crippen LogP contribution in [0.5, 0.6) is 11.5 Å². The number of benzene rings is 2. The predicted molar refractivity (Wildman–Crippen MR) is 88.6 cm³/mol. The highest BCUT2D eigenvalue weighted by atomic mass is 16.5. The molecule has 2 aromatic carbocycles. The zero-order chi connectivity index (χ0) is 16.4. The number of rotatable bonds is 5. The van der Waals surface area contributed by atoms with Gasteiger partial charge in [0.1, 0.15) is 11.5 Å². The summed E-state index contributed by atoms with van der Waals surface area (Å²) in [5, 5.41) is 0.780. The van der Waals surface area contributed by atoms with Crippen LogP contribution in [-0.2, 0) is 6.42 Å². The van der Waals surface area contributed by atoms with Crippen molar-refractivity contribution in [2.75, 3.05) is 14.2 Å². The standard InChI is InChI=1S/C19H18O4/c1-4-13-11-16-15(9-10-17(22-3)19(16)23-13)18(20)12-5-7-14(21-2)8-6-12/h5-11H,4H2,1-3H3. The van der Waals surface area contributed by atoms with Crippen LogP contribution in [0.1, 0.15) is 28.6 Å². The van der Waals surface area contributed by atoms with E-state index in [0.29, 0.717) is 22.5 Å². The molecule has 0 saturated heterocycles. The second-order valence-electron chi connectivity index (χ2n) is 5.18. The van der Waals surface area contributed by atoms with E-state index in [0.717, 1.165) is 23.3 Å². The average molecular weight is 310 g/mol. The summed E-state index contributed by atoms with van der Waals surface area (Å²) in [6, 6.07) is 12.5. The predicted octanol–water partition coefficient (Wildman–Crippen LogP) is 4.24. The molecule has 0 bridgehead atoms. The van der Waals surface area contributed by atoms with Crippen molar-refractivity contribution in [2.45, 2.75) is 13.3 Å². The van der Waals surface area contributed by atoms with Crippen LogP contribution in [0, 0.1) is 0 Å². The van der Waals surface area contributed by atoms with Gasteiger partial charge in [0.25, 0.3) is 0 Å². The average Bonchev–Trinajstić information content (AvgIpc) is 3.04. The number of hydrogen-bond donors (Lipinski definition) is 0. The summed E-state index contributed by atoms with van der Waals surface area (Å²) in [5.74, 6) is 2.13. The van der Waals surface area contributed by atoms with Crippen LogP contribution in [0.4, 0.5) is 0 Å². The summed E-state index contributed by atoms with van der Waals surface area (Å²) in [4.78, 5) is 12.8. The largest absolute Gasteiger partial charge is 0.497 e. The molecule has 0 aliphatic carbocycles. The molecule has 118 valence electrons. The molecule has 0 N–H and O–H groups in total. The first-order chi connectivity index (χ1) is 11.2. The van der Waals surface area contributed by atoms with Crippen molar-refractivity contribution < 1.29 is 18.7 Å². The lowest BCUT2D eigenvalue weighted by molar-refractivity contribution is 0.104. The summed E-state index contributed by atoms with van der Waals surface area (Å²) in [5.41, 5.74) is 1.83. The molecule has 0 unspecified atom stereocenters. The highest BCUT2D eigenvalue weighted by molar-refractivity contribution is 6.16. The number of ether oxygens (including phenoxy) is 2. The summed E-state index contributed by atoms with van der Waals surface area (Å²) in [7, 11) is 3.19. The lowest BCUT2D eigenvalue weighted by Gasteiger charge is -2.06. The van der Waals surface area contributed by atoms with Gasteiger partial charge >= 0.3 is 0 Å². The van der Waals surface area contributed by atoms with Crippen LogP contribution in [0.3, 0.4) is 0 Å². The maximum absolute atomic E-state index is 12.8. The second kappa shape index (κ2) is 6.16. The Morgan fingerprint density at radius 1 is 1.04 bits per heavy atom. The number of methoxy groups -OCH3 is 2. The molecule has 0 fully saturated rings. The minimum atomic E-state index is -0.0521. The smallest absolute Gasteiger partial charge is 0.193 e. The van der Waals surface area contributed by atoms with Gasteiger partial charge in [0.15, 0.2) is 17.1 Å². The molecule has 0 aliphatic heterocycles. The van der Waals surface area contributed by atoms with Crippen molar-refractivity contribution >= 4 is 16.8 Å². The first kappa shape index (κ1) is 15.2. The lowest BCUT2D eigenvalue weighted by atomic mass is 9.99. The number of ketones is 1. The van der Waals surface area contributed by atoms with Gasteiger partial charge in [-0.15, -0.1) is 0 Å². The molecule has 4 nitrogen and oxygen atoms in total. The molecular weight excluding hydrogens is 292 g/mol. The van der Waals surface area contributed by atoms with Crippen molar-refractivity contribution in [1.82, 2.24) is 0 Å². The summed E-state index contributed by atoms with van der Waals surface area (Å²) in [6.45, 7) is 2.01. The van der Waals surface area contributed by atoms with Crippen molar-refractivity contribution in [3.8, 4) is 11.5 Å². The van der Waals surface area contributed by atoms with Crippen LogP contribution in [0.25, 0.3) is 11.0 Å². The highest BCUT2D eigenvalue weighted by Crippen LogP contribution is 2.33. The lowest BCUT2D eigenvalue weighted by Crippen LogP contribution is -2.02. The first-order valence-electron chi connectivity index (χ1n) is 7.46. The number of hydrogen-bond acceptors (Lipinski definition) is 4. The third-order valence-electron chi connectivity index (χ3n) is 3.86. The van der Waals surface area contributed by atoms with Crippen molar-refractivity contribution in [2.24, 2.45) is 0 Å². The molecule has 0 atom stereocenters. The van der Waals surface area contributed by atoms with E-state index in [1.165, 1.54) is 0 Å². The molecule has 1 heterocycles. The van der Waals surface area contributed by atoms with Crippen molar-refractivity contribution in [3.63, 3.8) is 0 Å². The molecule has 0 aliphatic rings. The van der Waals surface area contributed by atoms with Crippen LogP contribution >= 0.6 is 0 Å². The number of carbonyl (C=O) groups excluding carboxylic acids is 1. The van der Waals surface area contributed by atoms with E-state index in [2.05, 4.69) is 0 Å². The molecule has 3 aromatic rings. The zero-order valence-corrected chi connectivity index (χ0v) is 13.4. The normalized spacial score (nSPS) is 10.7. The Morgan fingerprint density at radius 2 is 1.78 bits per heavy atom. The molecule has 0 spiro atoms. The van der Waals surface area contributed by atoms with Crippen molar-refractivity contribution in [1.29, 1.82) is 0 Å². The first-order valence-corrected chi connectivity index (χ1v) is 7.46. The molecule has 4 heteroatoms. The van der Waals surface area contributed by atoms with E-state index in [1.54, 1.807) is 50.6 Å². The second-order valence-corrected chi connectivity index (χ2v) is 5.18. The fraction of sp³-hybridized carbons (Fsp3) is 0.211. The number of fused-ring (bicyclic) bond motifs is 1. The molecule has 23 heavy (non-hydrogen) atoms. The minimum Gasteiger partial charge on any atom is -0.497 e. The van der Waals surface area contributed by atoms with Crippen LogP contribution < -0.4 is 9.47 Å². The van der Waals surface area contributed by atoms with Gasteiger partial charge in [-0.1, -0.05) is 6.92 Å².